The van der Waals surface area contributed by atoms with E-state index in [1.165, 1.54) is 16.5 Å². The van der Waals surface area contributed by atoms with Gasteiger partial charge in [-0.25, -0.2) is 0 Å². The SMILES string of the molecule is C=CCCn1ccc2c(CN)cccc21. The molecule has 0 fully saturated rings. The fourth-order valence-corrected chi connectivity index (χ4v) is 1.89. The van der Waals surface area contributed by atoms with Crippen LogP contribution in [0.25, 0.3) is 10.9 Å². The molecule has 2 N–H and O–H groups in total. The highest BCUT2D eigenvalue weighted by molar-refractivity contribution is 5.83. The summed E-state index contributed by atoms with van der Waals surface area (Å²) in [5.41, 5.74) is 8.18. The van der Waals surface area contributed by atoms with E-state index in [9.17, 15) is 0 Å². The molecule has 0 radical (unpaired) electrons. The van der Waals surface area contributed by atoms with Gasteiger partial charge in [0, 0.05) is 30.2 Å². The van der Waals surface area contributed by atoms with Crippen LogP contribution in [-0.4, -0.2) is 4.57 Å². The van der Waals surface area contributed by atoms with Gasteiger partial charge >= 0.3 is 0 Å². The van der Waals surface area contributed by atoms with Crippen LogP contribution < -0.4 is 5.73 Å². The molecule has 78 valence electrons. The number of benzene rings is 1. The molecule has 0 saturated carbocycles. The first kappa shape index (κ1) is 9.99. The Morgan fingerprint density at radius 3 is 2.93 bits per heavy atom. The molecule has 0 bridgehead atoms. The first-order chi connectivity index (χ1) is 7.36. The summed E-state index contributed by atoms with van der Waals surface area (Å²) in [6, 6.07) is 8.42. The number of aromatic nitrogens is 1. The highest BCUT2D eigenvalue weighted by Crippen LogP contribution is 2.20. The number of rotatable bonds is 4. The number of allylic oxidation sites excluding steroid dienone is 1. The lowest BCUT2D eigenvalue weighted by molar-refractivity contribution is 0.739. The average Bonchev–Trinajstić information content (AvgIpc) is 2.69. The van der Waals surface area contributed by atoms with Crippen LogP contribution >= 0.6 is 0 Å². The van der Waals surface area contributed by atoms with E-state index in [2.05, 4.69) is 41.6 Å². The van der Waals surface area contributed by atoms with E-state index in [0.717, 1.165) is 13.0 Å². The lowest BCUT2D eigenvalue weighted by Crippen LogP contribution is -1.98. The molecule has 1 aromatic carbocycles. The molecule has 2 nitrogen and oxygen atoms in total. The first-order valence-corrected chi connectivity index (χ1v) is 5.24. The Bertz CT molecular complexity index is 468. The van der Waals surface area contributed by atoms with Crippen LogP contribution in [0.1, 0.15) is 12.0 Å². The summed E-state index contributed by atoms with van der Waals surface area (Å²) < 4.78 is 2.25. The maximum atomic E-state index is 5.70. The topological polar surface area (TPSA) is 30.9 Å². The number of nitrogens with two attached hydrogens (primary N) is 1. The highest BCUT2D eigenvalue weighted by Gasteiger charge is 2.03. The van der Waals surface area contributed by atoms with E-state index >= 15 is 0 Å². The smallest absolute Gasteiger partial charge is 0.0483 e. The molecule has 1 heterocycles. The van der Waals surface area contributed by atoms with Crippen molar-refractivity contribution in [3.63, 3.8) is 0 Å². The predicted octanol–water partition coefficient (Wildman–Crippen LogP) is 2.68. The second kappa shape index (κ2) is 4.32. The van der Waals surface area contributed by atoms with E-state index in [0.29, 0.717) is 6.54 Å². The molecule has 2 heteroatoms. The van der Waals surface area contributed by atoms with Crippen molar-refractivity contribution in [3.8, 4) is 0 Å². The van der Waals surface area contributed by atoms with E-state index in [1.54, 1.807) is 0 Å². The van der Waals surface area contributed by atoms with E-state index in [-0.39, 0.29) is 0 Å². The fourth-order valence-electron chi connectivity index (χ4n) is 1.89. The summed E-state index contributed by atoms with van der Waals surface area (Å²) in [4.78, 5) is 0. The van der Waals surface area contributed by atoms with Gasteiger partial charge in [0.1, 0.15) is 0 Å². The minimum absolute atomic E-state index is 0.600. The Kier molecular flexibility index (Phi) is 2.88. The summed E-state index contributed by atoms with van der Waals surface area (Å²) in [6.07, 6.45) is 5.06. The van der Waals surface area contributed by atoms with Crippen LogP contribution in [0.3, 0.4) is 0 Å². The van der Waals surface area contributed by atoms with Gasteiger partial charge in [0.25, 0.3) is 0 Å². The maximum absolute atomic E-state index is 5.70. The highest BCUT2D eigenvalue weighted by atomic mass is 14.9. The van der Waals surface area contributed by atoms with Gasteiger partial charge in [-0.1, -0.05) is 18.2 Å². The zero-order valence-electron chi connectivity index (χ0n) is 8.82. The number of nitrogens with zero attached hydrogens (tertiary/aromatic N) is 1. The number of hydrogen-bond acceptors (Lipinski definition) is 1. The molecule has 15 heavy (non-hydrogen) atoms. The third-order valence-electron chi connectivity index (χ3n) is 2.70. The van der Waals surface area contributed by atoms with Crippen molar-refractivity contribution in [2.45, 2.75) is 19.5 Å². The van der Waals surface area contributed by atoms with Crippen molar-refractivity contribution < 1.29 is 0 Å². The van der Waals surface area contributed by atoms with Crippen LogP contribution in [0.5, 0.6) is 0 Å². The van der Waals surface area contributed by atoms with Crippen molar-refractivity contribution in [3.05, 3.63) is 48.7 Å². The summed E-state index contributed by atoms with van der Waals surface area (Å²) >= 11 is 0. The van der Waals surface area contributed by atoms with E-state index in [1.807, 2.05) is 6.08 Å². The van der Waals surface area contributed by atoms with Gasteiger partial charge in [-0.05, 0) is 24.1 Å². The second-order valence-electron chi connectivity index (χ2n) is 3.64. The van der Waals surface area contributed by atoms with Crippen LogP contribution in [0.2, 0.25) is 0 Å². The van der Waals surface area contributed by atoms with Gasteiger partial charge in [0.15, 0.2) is 0 Å². The minimum Gasteiger partial charge on any atom is -0.347 e. The normalized spacial score (nSPS) is 10.7. The lowest BCUT2D eigenvalue weighted by atomic mass is 10.1. The first-order valence-electron chi connectivity index (χ1n) is 5.24. The van der Waals surface area contributed by atoms with Crippen LogP contribution in [0, 0.1) is 0 Å². The molecule has 2 aromatic rings. The molecule has 0 aliphatic carbocycles. The third-order valence-corrected chi connectivity index (χ3v) is 2.70. The Balaban J connectivity index is 2.46. The van der Waals surface area contributed by atoms with Gasteiger partial charge in [0.05, 0.1) is 0 Å². The van der Waals surface area contributed by atoms with Gasteiger partial charge < -0.3 is 10.3 Å². The quantitative estimate of drug-likeness (QED) is 0.756. The molecule has 1 aromatic heterocycles. The van der Waals surface area contributed by atoms with Crippen molar-refractivity contribution in [2.24, 2.45) is 5.73 Å². The number of hydrogen-bond donors (Lipinski definition) is 1. The molecule has 2 rings (SSSR count). The minimum atomic E-state index is 0.600. The van der Waals surface area contributed by atoms with Gasteiger partial charge in [-0.2, -0.15) is 0 Å². The molecule has 0 spiro atoms. The van der Waals surface area contributed by atoms with Crippen LogP contribution in [-0.2, 0) is 13.1 Å². The van der Waals surface area contributed by atoms with Crippen LogP contribution in [0.15, 0.2) is 43.1 Å². The van der Waals surface area contributed by atoms with Crippen molar-refractivity contribution in [1.82, 2.24) is 4.57 Å². The van der Waals surface area contributed by atoms with Gasteiger partial charge in [0.2, 0.25) is 0 Å². The van der Waals surface area contributed by atoms with Crippen LogP contribution in [0.4, 0.5) is 0 Å². The monoisotopic (exact) mass is 200 g/mol. The van der Waals surface area contributed by atoms with Gasteiger partial charge in [-0.15, -0.1) is 6.58 Å². The van der Waals surface area contributed by atoms with E-state index < -0.39 is 0 Å². The molecule has 0 unspecified atom stereocenters. The van der Waals surface area contributed by atoms with Crippen molar-refractivity contribution in [1.29, 1.82) is 0 Å². The second-order valence-corrected chi connectivity index (χ2v) is 3.64. The molecular formula is C13H16N2. The Labute approximate surface area is 90.0 Å². The summed E-state index contributed by atoms with van der Waals surface area (Å²) in [7, 11) is 0. The van der Waals surface area contributed by atoms with Gasteiger partial charge in [-0.3, -0.25) is 0 Å². The average molecular weight is 200 g/mol. The summed E-state index contributed by atoms with van der Waals surface area (Å²) in [5.74, 6) is 0. The molecular weight excluding hydrogens is 184 g/mol. The maximum Gasteiger partial charge on any atom is 0.0483 e. The fraction of sp³-hybridized carbons (Fsp3) is 0.231. The summed E-state index contributed by atoms with van der Waals surface area (Å²) in [5, 5.41) is 1.27. The Morgan fingerprint density at radius 1 is 1.33 bits per heavy atom. The molecule has 0 saturated heterocycles. The predicted molar refractivity (Wildman–Crippen MR) is 64.6 cm³/mol. The molecule has 0 aliphatic heterocycles. The molecule has 0 atom stereocenters. The van der Waals surface area contributed by atoms with Crippen molar-refractivity contribution >= 4 is 10.9 Å². The lowest BCUT2D eigenvalue weighted by Gasteiger charge is -2.04. The summed E-state index contributed by atoms with van der Waals surface area (Å²) in [6.45, 7) is 5.33. The third kappa shape index (κ3) is 1.81. The number of aryl methyl sites for hydroxylation is 1. The zero-order chi connectivity index (χ0) is 10.7. The molecule has 0 aliphatic rings. The van der Waals surface area contributed by atoms with E-state index in [4.69, 9.17) is 5.73 Å². The number of fused-ring (bicyclic) bond motifs is 1. The zero-order valence-corrected chi connectivity index (χ0v) is 8.82. The molecule has 0 amide bonds. The Morgan fingerprint density at radius 2 is 2.20 bits per heavy atom. The largest absolute Gasteiger partial charge is 0.347 e. The van der Waals surface area contributed by atoms with Crippen molar-refractivity contribution in [2.75, 3.05) is 0 Å². The standard InChI is InChI=1S/C13H16N2/c1-2-3-8-15-9-7-12-11(10-14)5-4-6-13(12)15/h2,4-7,9H,1,3,8,10,14H2. The Hall–Kier alpha value is -1.54.